The van der Waals surface area contributed by atoms with Crippen LogP contribution in [0.1, 0.15) is 20.9 Å². The number of methoxy groups -OCH3 is 2. The van der Waals surface area contributed by atoms with Crippen molar-refractivity contribution in [1.82, 2.24) is 4.98 Å². The zero-order valence-electron chi connectivity index (χ0n) is 12.3. The summed E-state index contributed by atoms with van der Waals surface area (Å²) in [6.45, 7) is 4.21. The zero-order chi connectivity index (χ0) is 14.0. The molecule has 0 aromatic carbocycles. The van der Waals surface area contributed by atoms with E-state index in [9.17, 15) is 0 Å². The van der Waals surface area contributed by atoms with Crippen LogP contribution in [0.4, 0.5) is 0 Å². The fraction of sp³-hybridized carbons (Fsp3) is 0.500. The van der Waals surface area contributed by atoms with E-state index in [1.54, 1.807) is 26.5 Å². The van der Waals surface area contributed by atoms with Crippen LogP contribution in [0.2, 0.25) is 0 Å². The maximum absolute atomic E-state index is 7.80. The topological polar surface area (TPSA) is 46.6 Å². The van der Waals surface area contributed by atoms with Gasteiger partial charge in [0.15, 0.2) is 6.29 Å². The molecule has 0 bridgehead atoms. The molecule has 0 saturated heterocycles. The molecule has 18 heavy (non-hydrogen) atoms. The first-order chi connectivity index (χ1) is 8.97. The normalized spacial score (nSPS) is 18.8. The molecule has 1 aromatic heterocycles. The van der Waals surface area contributed by atoms with E-state index in [2.05, 4.69) is 29.9 Å². The van der Waals surface area contributed by atoms with Crippen LogP contribution in [-0.4, -0.2) is 31.2 Å². The first-order valence-corrected chi connectivity index (χ1v) is 5.97. The monoisotopic (exact) mass is 250 g/mol. The molecule has 1 N–H and O–H groups in total. The van der Waals surface area contributed by atoms with E-state index in [-0.39, 0.29) is 5.41 Å². The Kier molecular flexibility index (Phi) is 3.30. The number of hydrogen-bond donors (Lipinski definition) is 1. The molecule has 0 fully saturated rings. The highest BCUT2D eigenvalue weighted by molar-refractivity contribution is 5.95. The van der Waals surface area contributed by atoms with Crippen molar-refractivity contribution in [2.75, 3.05) is 14.2 Å². The summed E-state index contributed by atoms with van der Waals surface area (Å²) < 4.78 is 18.3. The van der Waals surface area contributed by atoms with E-state index in [0.29, 0.717) is 12.5 Å². The number of aromatic amines is 1. The number of ether oxygens (including phenoxy) is 2. The molecule has 1 aliphatic rings. The van der Waals surface area contributed by atoms with Crippen LogP contribution < -0.4 is 0 Å². The Morgan fingerprint density at radius 1 is 1.44 bits per heavy atom. The Morgan fingerprint density at radius 3 is 2.72 bits per heavy atom. The van der Waals surface area contributed by atoms with Crippen molar-refractivity contribution in [2.24, 2.45) is 10.4 Å². The fourth-order valence-corrected chi connectivity index (χ4v) is 2.11. The van der Waals surface area contributed by atoms with Crippen molar-refractivity contribution in [3.05, 3.63) is 35.8 Å². The van der Waals surface area contributed by atoms with Gasteiger partial charge in [0.05, 0.1) is 7.07 Å². The van der Waals surface area contributed by atoms with Crippen LogP contribution in [-0.2, 0) is 15.9 Å². The van der Waals surface area contributed by atoms with Crippen molar-refractivity contribution in [3.63, 3.8) is 0 Å². The first kappa shape index (κ1) is 11.7. The summed E-state index contributed by atoms with van der Waals surface area (Å²) in [4.78, 5) is 7.71. The van der Waals surface area contributed by atoms with Gasteiger partial charge in [-0.15, -0.1) is 0 Å². The number of nitrogens with one attached hydrogen (secondary N) is 1. The fourth-order valence-electron chi connectivity index (χ4n) is 2.11. The third kappa shape index (κ3) is 2.54. The summed E-state index contributed by atoms with van der Waals surface area (Å²) in [5.74, 6) is 0. The number of aliphatic imine (C=N–C) groups is 1. The van der Waals surface area contributed by atoms with Crippen molar-refractivity contribution in [1.29, 1.82) is 0 Å². The maximum atomic E-state index is 7.80. The second-order valence-corrected chi connectivity index (χ2v) is 4.93. The standard InChI is InChI=1S/C14H20N2O2/c1-14(2)9-11(13(17-3)18-4)16-12(14)8-10-6-5-7-15-10/h5-7,9,13,15H,8H2,1-4H3/i6T. The van der Waals surface area contributed by atoms with Crippen molar-refractivity contribution < 1.29 is 10.8 Å². The zero-order valence-corrected chi connectivity index (χ0v) is 11.3. The Hall–Kier alpha value is -1.39. The highest BCUT2D eigenvalue weighted by Crippen LogP contribution is 2.32. The molecule has 0 saturated carbocycles. The van der Waals surface area contributed by atoms with Gasteiger partial charge in [-0.1, -0.05) is 13.8 Å². The number of aromatic nitrogens is 1. The van der Waals surface area contributed by atoms with Gasteiger partial charge in [0.1, 0.15) is 0 Å². The van der Waals surface area contributed by atoms with Crippen LogP contribution in [0, 0.1) is 5.41 Å². The molecule has 2 heterocycles. The van der Waals surface area contributed by atoms with Crippen LogP contribution in [0.3, 0.4) is 0 Å². The average molecular weight is 250 g/mol. The molecule has 4 heteroatoms. The van der Waals surface area contributed by atoms with Gasteiger partial charge in [-0.25, -0.2) is 0 Å². The summed E-state index contributed by atoms with van der Waals surface area (Å²) in [5, 5.41) is 0. The minimum Gasteiger partial charge on any atom is -0.365 e. The van der Waals surface area contributed by atoms with E-state index in [1.807, 2.05) is 0 Å². The van der Waals surface area contributed by atoms with Crippen molar-refractivity contribution in [3.8, 4) is 0 Å². The van der Waals surface area contributed by atoms with Gasteiger partial charge in [0.2, 0.25) is 0 Å². The summed E-state index contributed by atoms with van der Waals surface area (Å²) in [7, 11) is 3.20. The molecule has 0 atom stereocenters. The number of H-pyrrole nitrogens is 1. The molecule has 0 amide bonds. The van der Waals surface area contributed by atoms with Crippen LogP contribution in [0.25, 0.3) is 0 Å². The largest absolute Gasteiger partial charge is 0.365 e. The molecule has 0 spiro atoms. The van der Waals surface area contributed by atoms with Gasteiger partial charge in [-0.3, -0.25) is 4.99 Å². The molecular formula is C14H20N2O2. The quantitative estimate of drug-likeness (QED) is 0.816. The SMILES string of the molecule is [3H]c1cc[nH]c1CC1=NC(C(OC)OC)=CC1(C)C. The summed E-state index contributed by atoms with van der Waals surface area (Å²) in [6, 6.07) is 2.27. The molecule has 0 unspecified atom stereocenters. The Bertz CT molecular complexity index is 513. The smallest absolute Gasteiger partial charge is 0.200 e. The van der Waals surface area contributed by atoms with E-state index in [0.717, 1.165) is 17.1 Å². The third-order valence-electron chi connectivity index (χ3n) is 3.13. The second kappa shape index (κ2) is 5.08. The molecule has 2 rings (SSSR count). The molecule has 1 aromatic rings. The number of allylic oxidation sites excluding steroid dienone is 1. The van der Waals surface area contributed by atoms with Gasteiger partial charge in [-0.2, -0.15) is 0 Å². The van der Waals surface area contributed by atoms with Gasteiger partial charge < -0.3 is 14.5 Å². The Labute approximate surface area is 109 Å². The number of rotatable bonds is 5. The van der Waals surface area contributed by atoms with E-state index in [4.69, 9.17) is 10.8 Å². The minimum absolute atomic E-state index is 0.151. The molecule has 4 nitrogen and oxygen atoms in total. The minimum atomic E-state index is -0.434. The van der Waals surface area contributed by atoms with Crippen LogP contribution >= 0.6 is 0 Å². The predicted molar refractivity (Wildman–Crippen MR) is 71.6 cm³/mol. The van der Waals surface area contributed by atoms with Crippen molar-refractivity contribution >= 4 is 5.71 Å². The highest BCUT2D eigenvalue weighted by atomic mass is 16.7. The first-order valence-electron chi connectivity index (χ1n) is 6.47. The molecule has 0 radical (unpaired) electrons. The van der Waals surface area contributed by atoms with E-state index >= 15 is 0 Å². The number of nitrogens with zero attached hydrogens (tertiary/aromatic N) is 1. The Morgan fingerprint density at radius 2 is 2.17 bits per heavy atom. The lowest BCUT2D eigenvalue weighted by molar-refractivity contribution is -0.0754. The average Bonchev–Trinajstić information content (AvgIpc) is 2.87. The lowest BCUT2D eigenvalue weighted by Crippen LogP contribution is -2.21. The highest BCUT2D eigenvalue weighted by Gasteiger charge is 2.31. The summed E-state index contributed by atoms with van der Waals surface area (Å²) in [5.41, 5.74) is 2.54. The number of hydrogen-bond acceptors (Lipinski definition) is 3. The summed E-state index contributed by atoms with van der Waals surface area (Å²) >= 11 is 0. The summed E-state index contributed by atoms with van der Waals surface area (Å²) in [6.07, 6.45) is 4.04. The van der Waals surface area contributed by atoms with Crippen LogP contribution in [0.5, 0.6) is 0 Å². The Balaban J connectivity index is 2.22. The third-order valence-corrected chi connectivity index (χ3v) is 3.13. The van der Waals surface area contributed by atoms with Gasteiger partial charge in [0, 0.05) is 43.7 Å². The van der Waals surface area contributed by atoms with Gasteiger partial charge in [-0.05, 0) is 18.2 Å². The lowest BCUT2D eigenvalue weighted by atomic mass is 9.86. The molecular weight excluding hydrogens is 228 g/mol. The van der Waals surface area contributed by atoms with Crippen molar-refractivity contribution in [2.45, 2.75) is 26.6 Å². The molecule has 0 aliphatic carbocycles. The second-order valence-electron chi connectivity index (χ2n) is 4.93. The predicted octanol–water partition coefficient (Wildman–Crippen LogP) is 2.54. The van der Waals surface area contributed by atoms with Gasteiger partial charge >= 0.3 is 0 Å². The molecule has 98 valence electrons. The van der Waals surface area contributed by atoms with E-state index in [1.165, 1.54) is 0 Å². The van der Waals surface area contributed by atoms with E-state index < -0.39 is 6.29 Å². The lowest BCUT2D eigenvalue weighted by Gasteiger charge is -2.17. The molecule has 1 aliphatic heterocycles. The van der Waals surface area contributed by atoms with Crippen LogP contribution in [0.15, 0.2) is 35.1 Å². The maximum Gasteiger partial charge on any atom is 0.200 e. The van der Waals surface area contributed by atoms with Gasteiger partial charge in [0.25, 0.3) is 0 Å².